The molecule has 1 N–H and O–H groups in total. The lowest BCUT2D eigenvalue weighted by atomic mass is 9.91. The standard InChI is InChI=1S/C22H27N3O3/c1-15-8-10-16(11-9-15)22(2)20(27)24(21(28)23-22)14-19(26)25(18-12-13-18)17-6-4-3-5-7-17/h6,8-11,18H,3-5,7,12-14H2,1-2H3,(H,23,28)/t22-/m1/s1. The van der Waals surface area contributed by atoms with Crippen LogP contribution in [0.4, 0.5) is 4.79 Å². The summed E-state index contributed by atoms with van der Waals surface area (Å²) in [5.74, 6) is -0.532. The van der Waals surface area contributed by atoms with Gasteiger partial charge in [0.2, 0.25) is 5.91 Å². The number of allylic oxidation sites excluding steroid dienone is 2. The SMILES string of the molecule is Cc1ccc([C@@]2(C)NC(=O)N(CC(=O)N(C3=CCCCC3)C3CC3)C2=O)cc1. The first-order valence-corrected chi connectivity index (χ1v) is 10.1. The van der Waals surface area contributed by atoms with Gasteiger partial charge in [-0.15, -0.1) is 0 Å². The lowest BCUT2D eigenvalue weighted by molar-refractivity contribution is -0.138. The molecule has 6 heteroatoms. The van der Waals surface area contributed by atoms with Gasteiger partial charge in [0.1, 0.15) is 12.1 Å². The number of imide groups is 1. The van der Waals surface area contributed by atoms with E-state index in [0.717, 1.165) is 60.2 Å². The van der Waals surface area contributed by atoms with E-state index < -0.39 is 11.6 Å². The number of nitrogens with one attached hydrogen (secondary N) is 1. The van der Waals surface area contributed by atoms with Crippen LogP contribution in [0.1, 0.15) is 56.6 Å². The highest BCUT2D eigenvalue weighted by atomic mass is 16.2. The quantitative estimate of drug-likeness (QED) is 0.796. The second-order valence-electron chi connectivity index (χ2n) is 8.25. The Kier molecular flexibility index (Phi) is 4.73. The van der Waals surface area contributed by atoms with Crippen molar-refractivity contribution < 1.29 is 14.4 Å². The van der Waals surface area contributed by atoms with Crippen LogP contribution in [-0.4, -0.2) is 40.2 Å². The van der Waals surface area contributed by atoms with Gasteiger partial charge in [0.25, 0.3) is 5.91 Å². The molecule has 0 bridgehead atoms. The maximum Gasteiger partial charge on any atom is 0.325 e. The van der Waals surface area contributed by atoms with Crippen LogP contribution in [0.3, 0.4) is 0 Å². The third-order valence-electron chi connectivity index (χ3n) is 5.95. The summed E-state index contributed by atoms with van der Waals surface area (Å²) >= 11 is 0. The van der Waals surface area contributed by atoms with E-state index in [1.54, 1.807) is 6.92 Å². The molecule has 1 atom stereocenters. The smallest absolute Gasteiger partial charge is 0.319 e. The second-order valence-corrected chi connectivity index (χ2v) is 8.25. The monoisotopic (exact) mass is 381 g/mol. The Morgan fingerprint density at radius 1 is 1.21 bits per heavy atom. The zero-order valence-electron chi connectivity index (χ0n) is 16.5. The van der Waals surface area contributed by atoms with E-state index in [0.29, 0.717) is 0 Å². The van der Waals surface area contributed by atoms with Crippen LogP contribution in [0.15, 0.2) is 36.0 Å². The summed E-state index contributed by atoms with van der Waals surface area (Å²) in [6, 6.07) is 7.25. The fourth-order valence-corrected chi connectivity index (χ4v) is 4.11. The molecular formula is C22H27N3O3. The normalized spacial score (nSPS) is 24.8. The van der Waals surface area contributed by atoms with Gasteiger partial charge in [0.15, 0.2) is 0 Å². The third-order valence-corrected chi connectivity index (χ3v) is 5.95. The van der Waals surface area contributed by atoms with Crippen LogP contribution >= 0.6 is 0 Å². The van der Waals surface area contributed by atoms with Gasteiger partial charge < -0.3 is 10.2 Å². The van der Waals surface area contributed by atoms with Crippen LogP contribution < -0.4 is 5.32 Å². The lowest BCUT2D eigenvalue weighted by Crippen LogP contribution is -2.45. The van der Waals surface area contributed by atoms with Crippen molar-refractivity contribution in [2.45, 2.75) is 64.0 Å². The maximum absolute atomic E-state index is 13.1. The van der Waals surface area contributed by atoms with Gasteiger partial charge in [0.05, 0.1) is 0 Å². The molecule has 4 rings (SSSR count). The largest absolute Gasteiger partial charge is 0.325 e. The van der Waals surface area contributed by atoms with Gasteiger partial charge in [-0.1, -0.05) is 35.9 Å². The number of rotatable bonds is 5. The lowest BCUT2D eigenvalue weighted by Gasteiger charge is -2.29. The van der Waals surface area contributed by atoms with Crippen LogP contribution in [-0.2, 0) is 15.1 Å². The average molecular weight is 381 g/mol. The van der Waals surface area contributed by atoms with Gasteiger partial charge in [-0.25, -0.2) is 4.79 Å². The van der Waals surface area contributed by atoms with Crippen LogP contribution in [0, 0.1) is 6.92 Å². The Morgan fingerprint density at radius 2 is 1.93 bits per heavy atom. The number of carbonyl (C=O) groups is 3. The number of hydrogen-bond donors (Lipinski definition) is 1. The molecule has 1 heterocycles. The van der Waals surface area contributed by atoms with Gasteiger partial charge in [0, 0.05) is 11.7 Å². The summed E-state index contributed by atoms with van der Waals surface area (Å²) in [6.45, 7) is 3.46. The predicted octanol–water partition coefficient (Wildman–Crippen LogP) is 3.21. The summed E-state index contributed by atoms with van der Waals surface area (Å²) in [5, 5.41) is 2.79. The minimum Gasteiger partial charge on any atom is -0.319 e. The number of carbonyl (C=O) groups excluding carboxylic acids is 3. The molecule has 2 aliphatic carbocycles. The molecular weight excluding hydrogens is 354 g/mol. The predicted molar refractivity (Wildman–Crippen MR) is 105 cm³/mol. The fraction of sp³-hybridized carbons (Fsp3) is 0.500. The van der Waals surface area contributed by atoms with E-state index in [-0.39, 0.29) is 24.4 Å². The topological polar surface area (TPSA) is 69.7 Å². The van der Waals surface area contributed by atoms with E-state index in [9.17, 15) is 14.4 Å². The van der Waals surface area contributed by atoms with Crippen LogP contribution in [0.25, 0.3) is 0 Å². The highest BCUT2D eigenvalue weighted by molar-refractivity contribution is 6.09. The van der Waals surface area contributed by atoms with Crippen molar-refractivity contribution in [2.75, 3.05) is 6.54 Å². The van der Waals surface area contributed by atoms with E-state index in [4.69, 9.17) is 0 Å². The third kappa shape index (κ3) is 3.32. The zero-order valence-corrected chi connectivity index (χ0v) is 16.5. The number of nitrogens with zero attached hydrogens (tertiary/aromatic N) is 2. The first-order valence-electron chi connectivity index (χ1n) is 10.1. The van der Waals surface area contributed by atoms with Crippen LogP contribution in [0.5, 0.6) is 0 Å². The number of urea groups is 1. The molecule has 0 unspecified atom stereocenters. The molecule has 2 fully saturated rings. The van der Waals surface area contributed by atoms with Gasteiger partial charge in [-0.05, 0) is 57.9 Å². The molecule has 1 aromatic rings. The van der Waals surface area contributed by atoms with E-state index in [2.05, 4.69) is 11.4 Å². The highest BCUT2D eigenvalue weighted by Gasteiger charge is 2.50. The van der Waals surface area contributed by atoms with Crippen molar-refractivity contribution in [3.63, 3.8) is 0 Å². The molecule has 0 radical (unpaired) electrons. The average Bonchev–Trinajstić information content (AvgIpc) is 3.48. The van der Waals surface area contributed by atoms with Crippen LogP contribution in [0.2, 0.25) is 0 Å². The van der Waals surface area contributed by atoms with E-state index >= 15 is 0 Å². The molecule has 0 aromatic heterocycles. The fourth-order valence-electron chi connectivity index (χ4n) is 4.11. The molecule has 28 heavy (non-hydrogen) atoms. The molecule has 148 valence electrons. The van der Waals surface area contributed by atoms with E-state index in [1.807, 2.05) is 36.1 Å². The van der Waals surface area contributed by atoms with E-state index in [1.165, 1.54) is 0 Å². The molecule has 1 saturated carbocycles. The molecule has 1 saturated heterocycles. The Hall–Kier alpha value is -2.63. The van der Waals surface area contributed by atoms with Gasteiger partial charge in [-0.2, -0.15) is 0 Å². The first-order chi connectivity index (χ1) is 13.4. The Bertz CT molecular complexity index is 841. The summed E-state index contributed by atoms with van der Waals surface area (Å²) in [6.07, 6.45) is 8.23. The van der Waals surface area contributed by atoms with Crippen molar-refractivity contribution in [1.29, 1.82) is 0 Å². The number of benzene rings is 1. The molecule has 4 amide bonds. The van der Waals surface area contributed by atoms with Gasteiger partial charge >= 0.3 is 6.03 Å². The highest BCUT2D eigenvalue weighted by Crippen LogP contribution is 2.35. The maximum atomic E-state index is 13.1. The Labute approximate surface area is 165 Å². The van der Waals surface area contributed by atoms with Crippen molar-refractivity contribution >= 4 is 17.8 Å². The summed E-state index contributed by atoms with van der Waals surface area (Å²) in [7, 11) is 0. The molecule has 0 spiro atoms. The van der Waals surface area contributed by atoms with Crippen molar-refractivity contribution in [3.8, 4) is 0 Å². The van der Waals surface area contributed by atoms with Crippen molar-refractivity contribution in [2.24, 2.45) is 0 Å². The minimum atomic E-state index is -1.14. The van der Waals surface area contributed by atoms with Gasteiger partial charge in [-0.3, -0.25) is 14.5 Å². The summed E-state index contributed by atoms with van der Waals surface area (Å²) < 4.78 is 0. The molecule has 6 nitrogen and oxygen atoms in total. The number of amides is 4. The number of hydrogen-bond acceptors (Lipinski definition) is 3. The zero-order chi connectivity index (χ0) is 19.9. The summed E-state index contributed by atoms with van der Waals surface area (Å²) in [5.41, 5.74) is 1.73. The Morgan fingerprint density at radius 3 is 2.54 bits per heavy atom. The second kappa shape index (κ2) is 7.08. The summed E-state index contributed by atoms with van der Waals surface area (Å²) in [4.78, 5) is 41.7. The molecule has 3 aliphatic rings. The molecule has 1 aliphatic heterocycles. The molecule has 1 aromatic carbocycles. The van der Waals surface area contributed by atoms with Crippen molar-refractivity contribution in [3.05, 3.63) is 47.2 Å². The van der Waals surface area contributed by atoms with Crippen molar-refractivity contribution in [1.82, 2.24) is 15.1 Å². The minimum absolute atomic E-state index is 0.160. The first kappa shape index (κ1) is 18.7. The number of aryl methyl sites for hydroxylation is 1. The Balaban J connectivity index is 1.53.